The van der Waals surface area contributed by atoms with Crippen LogP contribution in [-0.2, 0) is 24.0 Å². The van der Waals surface area contributed by atoms with Gasteiger partial charge < -0.3 is 36.8 Å². The van der Waals surface area contributed by atoms with Gasteiger partial charge in [-0.05, 0) is 67.6 Å². The van der Waals surface area contributed by atoms with Crippen LogP contribution in [0.1, 0.15) is 114 Å². The van der Waals surface area contributed by atoms with Crippen molar-refractivity contribution in [2.24, 2.45) is 39.2 Å². The van der Waals surface area contributed by atoms with Gasteiger partial charge >= 0.3 is 6.03 Å². The van der Waals surface area contributed by atoms with Gasteiger partial charge in [0.05, 0.1) is 6.04 Å². The number of urea groups is 1. The van der Waals surface area contributed by atoms with Gasteiger partial charge in [0.2, 0.25) is 23.5 Å². The van der Waals surface area contributed by atoms with E-state index in [1.54, 1.807) is 9.80 Å². The number of carbonyl (C=O) groups excluding carboxylic acids is 6. The van der Waals surface area contributed by atoms with Crippen LogP contribution in [0.15, 0.2) is 0 Å². The lowest BCUT2D eigenvalue weighted by Crippen LogP contribution is -2.63. The Kier molecular flexibility index (Phi) is 10.7. The van der Waals surface area contributed by atoms with Crippen molar-refractivity contribution in [3.05, 3.63) is 0 Å². The predicted molar refractivity (Wildman–Crippen MR) is 193 cm³/mol. The number of hydrogen-bond donors (Lipinski definition) is 5. The number of nitrogens with two attached hydrogens (primary N) is 1. The molecule has 13 nitrogen and oxygen atoms in total. The van der Waals surface area contributed by atoms with Gasteiger partial charge in [-0.2, -0.15) is 0 Å². The monoisotopic (exact) mass is 713 g/mol. The van der Waals surface area contributed by atoms with E-state index in [-0.39, 0.29) is 52.0 Å². The van der Waals surface area contributed by atoms with E-state index >= 15 is 0 Å². The van der Waals surface area contributed by atoms with E-state index < -0.39 is 53.2 Å². The molecule has 286 valence electrons. The predicted octanol–water partition coefficient (Wildman–Crippen LogP) is 2.46. The molecule has 5 aliphatic rings. The van der Waals surface area contributed by atoms with E-state index in [0.717, 1.165) is 38.5 Å². The molecule has 0 radical (unpaired) electrons. The van der Waals surface area contributed by atoms with E-state index in [2.05, 4.69) is 35.1 Å². The summed E-state index contributed by atoms with van der Waals surface area (Å²) in [6.07, 6.45) is 6.80. The Labute approximate surface area is 303 Å². The van der Waals surface area contributed by atoms with Gasteiger partial charge in [-0.3, -0.25) is 24.0 Å². The Balaban J connectivity index is 1.38. The molecule has 0 aromatic rings. The van der Waals surface area contributed by atoms with Gasteiger partial charge in [0.25, 0.3) is 5.91 Å². The van der Waals surface area contributed by atoms with E-state index in [0.29, 0.717) is 32.5 Å². The van der Waals surface area contributed by atoms with Crippen molar-refractivity contribution in [1.82, 2.24) is 31.1 Å². The van der Waals surface area contributed by atoms with E-state index in [1.807, 2.05) is 48.5 Å². The minimum atomic E-state index is -1.09. The first kappa shape index (κ1) is 39.0. The zero-order valence-corrected chi connectivity index (χ0v) is 32.3. The number of rotatable bonds is 11. The summed E-state index contributed by atoms with van der Waals surface area (Å²) in [5.41, 5.74) is 4.28. The van der Waals surface area contributed by atoms with Crippen molar-refractivity contribution in [2.75, 3.05) is 19.6 Å². The number of nitrogens with one attached hydrogen (secondary N) is 4. The van der Waals surface area contributed by atoms with Gasteiger partial charge in [0.15, 0.2) is 0 Å². The zero-order chi connectivity index (χ0) is 37.8. The van der Waals surface area contributed by atoms with E-state index in [9.17, 15) is 28.8 Å². The molecule has 6 amide bonds. The van der Waals surface area contributed by atoms with Crippen LogP contribution in [0.25, 0.3) is 0 Å². The third-order valence-corrected chi connectivity index (χ3v) is 13.5. The van der Waals surface area contributed by atoms with E-state index in [1.165, 1.54) is 0 Å². The van der Waals surface area contributed by atoms with Crippen LogP contribution in [0.3, 0.4) is 0 Å². The molecule has 7 atom stereocenters. The molecule has 2 aliphatic heterocycles. The molecule has 2 spiro atoms. The Morgan fingerprint density at radius 1 is 0.882 bits per heavy atom. The summed E-state index contributed by atoms with van der Waals surface area (Å²) in [4.78, 5) is 84.8. The smallest absolute Gasteiger partial charge is 0.316 e. The van der Waals surface area contributed by atoms with Crippen molar-refractivity contribution in [1.29, 1.82) is 0 Å². The van der Waals surface area contributed by atoms with Crippen molar-refractivity contribution in [2.45, 2.75) is 150 Å². The number of Topliss-reactive ketones (excluding diaryl/α,β-unsaturated/α-hetero) is 1. The van der Waals surface area contributed by atoms with Crippen LogP contribution >= 0.6 is 0 Å². The largest absolute Gasteiger partial charge is 0.363 e. The third kappa shape index (κ3) is 7.00. The second-order valence-corrected chi connectivity index (χ2v) is 18.5. The first-order valence-electron chi connectivity index (χ1n) is 19.2. The lowest BCUT2D eigenvalue weighted by atomic mass is 9.73. The van der Waals surface area contributed by atoms with Crippen molar-refractivity contribution in [3.8, 4) is 0 Å². The normalized spacial score (nSPS) is 29.8. The van der Waals surface area contributed by atoms with Gasteiger partial charge in [-0.25, -0.2) is 4.79 Å². The highest BCUT2D eigenvalue weighted by molar-refractivity contribution is 6.37. The average molecular weight is 714 g/mol. The summed E-state index contributed by atoms with van der Waals surface area (Å²) in [6, 6.07) is -4.15. The average Bonchev–Trinajstić information content (AvgIpc) is 3.20. The third-order valence-electron chi connectivity index (χ3n) is 13.5. The Hall–Kier alpha value is -3.22. The fourth-order valence-corrected chi connectivity index (χ4v) is 10.1. The maximum absolute atomic E-state index is 14.8. The van der Waals surface area contributed by atoms with Crippen molar-refractivity contribution in [3.63, 3.8) is 0 Å². The number of likely N-dealkylation sites (tertiary alicyclic amines) is 1. The summed E-state index contributed by atoms with van der Waals surface area (Å²) in [5.74, 6) is -2.92. The lowest BCUT2D eigenvalue weighted by molar-refractivity contribution is -0.143. The molecule has 3 aliphatic carbocycles. The van der Waals surface area contributed by atoms with Crippen LogP contribution in [0.5, 0.6) is 0 Å². The fourth-order valence-electron chi connectivity index (χ4n) is 10.1. The number of hydrogen-bond acceptors (Lipinski definition) is 7. The number of carbonyl (C=O) groups is 6. The van der Waals surface area contributed by atoms with E-state index in [4.69, 9.17) is 5.73 Å². The van der Waals surface area contributed by atoms with Gasteiger partial charge in [-0.15, -0.1) is 0 Å². The maximum Gasteiger partial charge on any atom is 0.316 e. The van der Waals surface area contributed by atoms with Gasteiger partial charge in [-0.1, -0.05) is 74.1 Å². The summed E-state index contributed by atoms with van der Waals surface area (Å²) >= 11 is 0. The number of fused-ring (bicyclic) bond motifs is 1. The van der Waals surface area contributed by atoms with Crippen LogP contribution in [0.4, 0.5) is 4.79 Å². The highest BCUT2D eigenvalue weighted by Crippen LogP contribution is 2.88. The SMILES string of the molecule is CC(C)[C@H](NC(=O)NC(C(=O)N1CC2(CC1C(=O)NC(CC1CCC1)C(=O)C(N)=O)C(C)(C)C21CCC1)C(C)(C)C)C(=O)N1C[C@@H](C)N[C@@H](C)C1. The molecular weight excluding hydrogens is 650 g/mol. The Morgan fingerprint density at radius 3 is 1.94 bits per heavy atom. The Morgan fingerprint density at radius 2 is 1.49 bits per heavy atom. The number of piperazine rings is 1. The maximum atomic E-state index is 14.8. The fraction of sp³-hybridized carbons (Fsp3) is 0.842. The molecule has 5 rings (SSSR count). The lowest BCUT2D eigenvalue weighted by Gasteiger charge is -2.39. The molecule has 0 bridgehead atoms. The molecule has 0 aromatic carbocycles. The molecule has 2 heterocycles. The summed E-state index contributed by atoms with van der Waals surface area (Å²) in [5, 5.41) is 12.1. The molecular formula is C38H63N7O6. The summed E-state index contributed by atoms with van der Waals surface area (Å²) in [7, 11) is 0. The molecule has 0 aromatic heterocycles. The summed E-state index contributed by atoms with van der Waals surface area (Å²) < 4.78 is 0. The second-order valence-electron chi connectivity index (χ2n) is 18.5. The first-order valence-corrected chi connectivity index (χ1v) is 19.2. The molecule has 4 unspecified atom stereocenters. The molecule has 2 saturated heterocycles. The molecule has 13 heteroatoms. The molecule has 6 N–H and O–H groups in total. The van der Waals surface area contributed by atoms with Crippen molar-refractivity contribution >= 4 is 35.4 Å². The van der Waals surface area contributed by atoms with Gasteiger partial charge in [0.1, 0.15) is 18.1 Å². The highest BCUT2D eigenvalue weighted by atomic mass is 16.2. The Bertz CT molecular complexity index is 1410. The molecule has 3 saturated carbocycles. The number of ketones is 1. The van der Waals surface area contributed by atoms with Crippen LogP contribution in [-0.4, -0.2) is 101 Å². The van der Waals surface area contributed by atoms with Crippen LogP contribution in [0, 0.1) is 33.5 Å². The van der Waals surface area contributed by atoms with Gasteiger partial charge in [0, 0.05) is 37.1 Å². The molecule has 51 heavy (non-hydrogen) atoms. The minimum absolute atomic E-state index is 0.0216. The van der Waals surface area contributed by atoms with Crippen molar-refractivity contribution < 1.29 is 28.8 Å². The second kappa shape index (κ2) is 14.0. The van der Waals surface area contributed by atoms with Crippen LogP contribution < -0.4 is 27.0 Å². The first-order chi connectivity index (χ1) is 23.7. The standard InChI is InChI=1S/C38H63N7O6/c1-21(2)27(32(49)44-18-22(3)40-23(4)19-44)42-34(51)43-29(35(5,6)7)33(50)45-20-38(36(8,9)37(38)14-11-15-37)17-26(45)31(48)41-25(28(46)30(39)47)16-24-12-10-13-24/h21-27,29,40H,10-20H2,1-9H3,(H2,39,47)(H,41,48)(H2,42,43,51)/t22-,23+,25?,26?,27-,29?,38?/m0/s1. The number of nitrogens with zero attached hydrogens (tertiary/aromatic N) is 2. The number of amides is 6. The minimum Gasteiger partial charge on any atom is -0.363 e. The molecule has 5 fully saturated rings. The van der Waals surface area contributed by atoms with Crippen LogP contribution in [0.2, 0.25) is 0 Å². The highest BCUT2D eigenvalue weighted by Gasteiger charge is 2.85. The topological polar surface area (TPSA) is 183 Å². The quantitative estimate of drug-likeness (QED) is 0.204. The summed E-state index contributed by atoms with van der Waals surface area (Å²) in [6.45, 7) is 19.3. The zero-order valence-electron chi connectivity index (χ0n) is 32.3. The number of primary amides is 1.